The van der Waals surface area contributed by atoms with Crippen LogP contribution in [0.15, 0.2) is 40.5 Å². The molecule has 0 spiro atoms. The number of nitrogens with zero attached hydrogens (tertiary/aromatic N) is 2. The van der Waals surface area contributed by atoms with Gasteiger partial charge in [-0.15, -0.1) is 0 Å². The number of nitriles is 1. The largest absolute Gasteiger partial charge is 0.462 e. The topological polar surface area (TPSA) is 88.8 Å². The van der Waals surface area contributed by atoms with Gasteiger partial charge in [0.2, 0.25) is 0 Å². The lowest BCUT2D eigenvalue weighted by molar-refractivity contribution is -0.150. The highest BCUT2D eigenvalue weighted by Crippen LogP contribution is 2.40. The molecule has 1 aromatic rings. The van der Waals surface area contributed by atoms with Crippen molar-refractivity contribution in [1.82, 2.24) is 0 Å². The van der Waals surface area contributed by atoms with Crippen LogP contribution in [0.2, 0.25) is 5.02 Å². The molecule has 2 unspecified atom stereocenters. The van der Waals surface area contributed by atoms with Crippen molar-refractivity contribution in [3.8, 4) is 6.07 Å². The van der Waals surface area contributed by atoms with Crippen molar-refractivity contribution in [1.29, 1.82) is 5.26 Å². The third kappa shape index (κ3) is 4.99. The van der Waals surface area contributed by atoms with E-state index in [2.05, 4.69) is 4.99 Å². The van der Waals surface area contributed by atoms with Gasteiger partial charge in [-0.1, -0.05) is 23.7 Å². The van der Waals surface area contributed by atoms with E-state index < -0.39 is 23.8 Å². The molecule has 0 bridgehead atoms. The zero-order chi connectivity index (χ0) is 20.8. The lowest BCUT2D eigenvalue weighted by atomic mass is 9.75. The van der Waals surface area contributed by atoms with E-state index in [0.717, 1.165) is 0 Å². The second-order valence-corrected chi connectivity index (χ2v) is 7.23. The Balaban J connectivity index is 2.55. The average Bonchev–Trinajstić information content (AvgIpc) is 2.60. The number of carbonyl (C=O) groups excluding carboxylic acids is 2. The van der Waals surface area contributed by atoms with Gasteiger partial charge in [0.15, 0.2) is 0 Å². The van der Waals surface area contributed by atoms with Crippen molar-refractivity contribution < 1.29 is 19.1 Å². The van der Waals surface area contributed by atoms with E-state index >= 15 is 0 Å². The molecule has 1 heterocycles. The normalized spacial score (nSPS) is 19.1. The highest BCUT2D eigenvalue weighted by atomic mass is 35.5. The highest BCUT2D eigenvalue weighted by Gasteiger charge is 2.42. The van der Waals surface area contributed by atoms with Crippen LogP contribution in [0.5, 0.6) is 0 Å². The molecular weight excluding hydrogens is 380 g/mol. The summed E-state index contributed by atoms with van der Waals surface area (Å²) in [5, 5.41) is 9.17. The maximum absolute atomic E-state index is 12.9. The van der Waals surface area contributed by atoms with Crippen LogP contribution in [-0.4, -0.2) is 30.4 Å². The van der Waals surface area contributed by atoms with Gasteiger partial charge in [-0.25, -0.2) is 4.79 Å². The number of rotatable bonds is 6. The summed E-state index contributed by atoms with van der Waals surface area (Å²) >= 11 is 6.16. The summed E-state index contributed by atoms with van der Waals surface area (Å²) in [4.78, 5) is 30.1. The van der Waals surface area contributed by atoms with Crippen molar-refractivity contribution in [2.45, 2.75) is 46.1 Å². The second kappa shape index (κ2) is 9.52. The molecule has 0 N–H and O–H groups in total. The SMILES string of the molecule is CC1=NC(C)=C(C(=O)OCCC#N)C(c2cccc(Cl)c2)C1C(=O)OC(C)C. The zero-order valence-corrected chi connectivity index (χ0v) is 17.1. The molecule has 0 aromatic heterocycles. The predicted octanol–water partition coefficient (Wildman–Crippen LogP) is 4.20. The molecule has 1 aliphatic rings. The molecule has 2 rings (SSSR count). The first-order valence-corrected chi connectivity index (χ1v) is 9.40. The summed E-state index contributed by atoms with van der Waals surface area (Å²) in [7, 11) is 0. The van der Waals surface area contributed by atoms with Crippen LogP contribution < -0.4 is 0 Å². The van der Waals surface area contributed by atoms with Gasteiger partial charge in [-0.05, 0) is 45.4 Å². The zero-order valence-electron chi connectivity index (χ0n) is 16.4. The van der Waals surface area contributed by atoms with Gasteiger partial charge in [0.05, 0.1) is 24.2 Å². The molecule has 0 amide bonds. The molecule has 148 valence electrons. The van der Waals surface area contributed by atoms with Crippen LogP contribution >= 0.6 is 11.6 Å². The minimum atomic E-state index is -0.775. The molecule has 1 aromatic carbocycles. The van der Waals surface area contributed by atoms with Crippen molar-refractivity contribution >= 4 is 29.3 Å². The van der Waals surface area contributed by atoms with Crippen molar-refractivity contribution in [3.05, 3.63) is 46.1 Å². The van der Waals surface area contributed by atoms with Crippen LogP contribution in [0.1, 0.15) is 45.6 Å². The van der Waals surface area contributed by atoms with Gasteiger partial charge in [0, 0.05) is 22.3 Å². The van der Waals surface area contributed by atoms with E-state index in [1.807, 2.05) is 6.07 Å². The number of halogens is 1. The monoisotopic (exact) mass is 402 g/mol. The number of hydrogen-bond donors (Lipinski definition) is 0. The number of hydrogen-bond acceptors (Lipinski definition) is 6. The quantitative estimate of drug-likeness (QED) is 0.525. The summed E-state index contributed by atoms with van der Waals surface area (Å²) in [6.07, 6.45) is -0.223. The van der Waals surface area contributed by atoms with E-state index in [4.69, 9.17) is 26.3 Å². The number of esters is 2. The van der Waals surface area contributed by atoms with Crippen LogP contribution in [0.25, 0.3) is 0 Å². The van der Waals surface area contributed by atoms with Crippen LogP contribution in [-0.2, 0) is 19.1 Å². The van der Waals surface area contributed by atoms with Gasteiger partial charge < -0.3 is 9.47 Å². The molecule has 0 fully saturated rings. The van der Waals surface area contributed by atoms with Gasteiger partial charge in [-0.2, -0.15) is 5.26 Å². The standard InChI is InChI=1S/C21H23ClN2O4/c1-12(2)28-21(26)18-14(4)24-13(3)17(20(25)27-10-6-9-23)19(18)15-7-5-8-16(22)11-15/h5,7-8,11-12,18-19H,6,10H2,1-4H3. The number of allylic oxidation sites excluding steroid dienone is 1. The van der Waals surface area contributed by atoms with Crippen LogP contribution in [0, 0.1) is 17.2 Å². The van der Waals surface area contributed by atoms with Gasteiger partial charge >= 0.3 is 11.9 Å². The van der Waals surface area contributed by atoms with E-state index in [1.54, 1.807) is 52.0 Å². The molecule has 28 heavy (non-hydrogen) atoms. The Kier molecular flexibility index (Phi) is 7.36. The molecule has 7 heteroatoms. The van der Waals surface area contributed by atoms with E-state index in [-0.39, 0.29) is 24.7 Å². The Labute approximate surface area is 169 Å². The van der Waals surface area contributed by atoms with Crippen molar-refractivity contribution in [3.63, 3.8) is 0 Å². The Morgan fingerprint density at radius 1 is 1.32 bits per heavy atom. The molecule has 2 atom stereocenters. The second-order valence-electron chi connectivity index (χ2n) is 6.79. The van der Waals surface area contributed by atoms with E-state index in [9.17, 15) is 9.59 Å². The molecule has 0 radical (unpaired) electrons. The number of aliphatic imine (C=N–C) groups is 1. The van der Waals surface area contributed by atoms with Crippen LogP contribution in [0.4, 0.5) is 0 Å². The fraction of sp³-hybridized carbons (Fsp3) is 0.429. The summed E-state index contributed by atoms with van der Waals surface area (Å²) in [5.41, 5.74) is 2.00. The number of carbonyl (C=O) groups is 2. The first-order valence-electron chi connectivity index (χ1n) is 9.02. The smallest absolute Gasteiger partial charge is 0.336 e. The van der Waals surface area contributed by atoms with E-state index in [0.29, 0.717) is 22.0 Å². The fourth-order valence-electron chi connectivity index (χ4n) is 3.24. The minimum absolute atomic E-state index is 0.0296. The molecule has 1 aliphatic heterocycles. The third-order valence-electron chi connectivity index (χ3n) is 4.31. The lowest BCUT2D eigenvalue weighted by Gasteiger charge is -2.32. The molecular formula is C21H23ClN2O4. The molecule has 0 aliphatic carbocycles. The Hall–Kier alpha value is -2.65. The Morgan fingerprint density at radius 3 is 2.64 bits per heavy atom. The number of ether oxygens (including phenoxy) is 2. The maximum Gasteiger partial charge on any atom is 0.336 e. The predicted molar refractivity (Wildman–Crippen MR) is 106 cm³/mol. The highest BCUT2D eigenvalue weighted by molar-refractivity contribution is 6.30. The van der Waals surface area contributed by atoms with Crippen molar-refractivity contribution in [2.75, 3.05) is 6.61 Å². The Bertz CT molecular complexity index is 867. The summed E-state index contributed by atoms with van der Waals surface area (Å²) in [6.45, 7) is 6.94. The first-order chi connectivity index (χ1) is 13.3. The molecule has 0 saturated heterocycles. The van der Waals surface area contributed by atoms with Crippen molar-refractivity contribution in [2.24, 2.45) is 10.9 Å². The molecule has 6 nitrogen and oxygen atoms in total. The number of benzene rings is 1. The Morgan fingerprint density at radius 2 is 2.04 bits per heavy atom. The minimum Gasteiger partial charge on any atom is -0.462 e. The summed E-state index contributed by atoms with van der Waals surface area (Å²) < 4.78 is 10.7. The van der Waals surface area contributed by atoms with Gasteiger partial charge in [-0.3, -0.25) is 9.79 Å². The lowest BCUT2D eigenvalue weighted by Crippen LogP contribution is -2.37. The van der Waals surface area contributed by atoms with Crippen LogP contribution in [0.3, 0.4) is 0 Å². The summed E-state index contributed by atoms with van der Waals surface area (Å²) in [6, 6.07) is 8.94. The van der Waals surface area contributed by atoms with Gasteiger partial charge in [0.1, 0.15) is 12.5 Å². The van der Waals surface area contributed by atoms with Gasteiger partial charge in [0.25, 0.3) is 0 Å². The van der Waals surface area contributed by atoms with E-state index in [1.165, 1.54) is 0 Å². The third-order valence-corrected chi connectivity index (χ3v) is 4.54. The maximum atomic E-state index is 12.9. The molecule has 0 saturated carbocycles. The fourth-order valence-corrected chi connectivity index (χ4v) is 3.44. The first kappa shape index (κ1) is 21.6. The summed E-state index contributed by atoms with van der Waals surface area (Å²) in [5.74, 6) is -2.48. The average molecular weight is 403 g/mol.